The second kappa shape index (κ2) is 4.02. The molecule has 0 aromatic heterocycles. The minimum Gasteiger partial charge on any atom is -0.497 e. The molecule has 1 aromatic carbocycles. The van der Waals surface area contributed by atoms with Crippen LogP contribution in [0.4, 0.5) is 0 Å². The van der Waals surface area contributed by atoms with Gasteiger partial charge in [-0.05, 0) is 12.1 Å². The van der Waals surface area contributed by atoms with Gasteiger partial charge in [-0.2, -0.15) is 0 Å². The van der Waals surface area contributed by atoms with E-state index in [0.29, 0.717) is 17.0 Å². The molecule has 0 saturated heterocycles. The average Bonchev–Trinajstić information content (AvgIpc) is 2.16. The third-order valence-electron chi connectivity index (χ3n) is 1.69. The van der Waals surface area contributed by atoms with Crippen molar-refractivity contribution in [2.45, 2.75) is 0 Å². The fourth-order valence-electron chi connectivity index (χ4n) is 1.08. The Balaban J connectivity index is 3.13. The summed E-state index contributed by atoms with van der Waals surface area (Å²) in [7, 11) is 3.05. The molecule has 64 valence electrons. The van der Waals surface area contributed by atoms with E-state index in [1.54, 1.807) is 26.4 Å². The van der Waals surface area contributed by atoms with Gasteiger partial charge in [0.15, 0.2) is 0 Å². The summed E-state index contributed by atoms with van der Waals surface area (Å²) in [5, 5.41) is 9.00. The largest absolute Gasteiger partial charge is 0.497 e. The van der Waals surface area contributed by atoms with E-state index in [1.165, 1.54) is 0 Å². The predicted molar refractivity (Wildman–Crippen MR) is 48.5 cm³/mol. The van der Waals surface area contributed by atoms with Crippen molar-refractivity contribution in [1.82, 2.24) is 0 Å². The molecule has 0 saturated carbocycles. The van der Waals surface area contributed by atoms with Crippen LogP contribution >= 0.6 is 0 Å². The molecule has 0 fully saturated rings. The Bertz CT molecular complexity index is 240. The molecule has 0 heterocycles. The Morgan fingerprint density at radius 2 is 1.67 bits per heavy atom. The van der Waals surface area contributed by atoms with Gasteiger partial charge in [-0.1, -0.05) is 6.07 Å². The van der Waals surface area contributed by atoms with Crippen LogP contribution in [0, 0.1) is 0 Å². The highest BCUT2D eigenvalue weighted by Gasteiger charge is 2.08. The second-order valence-corrected chi connectivity index (χ2v) is 2.30. The zero-order valence-electron chi connectivity index (χ0n) is 7.20. The highest BCUT2D eigenvalue weighted by Crippen LogP contribution is 2.14. The van der Waals surface area contributed by atoms with Crippen molar-refractivity contribution >= 4 is 12.9 Å². The summed E-state index contributed by atoms with van der Waals surface area (Å²) in [4.78, 5) is 0. The lowest BCUT2D eigenvalue weighted by atomic mass is 9.87. The average molecular weight is 166 g/mol. The van der Waals surface area contributed by atoms with Gasteiger partial charge in [-0.25, -0.2) is 0 Å². The van der Waals surface area contributed by atoms with Gasteiger partial charge >= 0.3 is 7.48 Å². The number of benzene rings is 1. The van der Waals surface area contributed by atoms with Crippen LogP contribution in [0.15, 0.2) is 18.2 Å². The molecule has 1 N–H and O–H groups in total. The standard InChI is InChI=1S/C8H11BO3/c1-11-6-4-3-5-7(12-2)8(6)9-10/h3-5,9-10H,1-2H3. The first-order valence-electron chi connectivity index (χ1n) is 3.64. The van der Waals surface area contributed by atoms with Crippen LogP contribution in [0.25, 0.3) is 0 Å². The Hall–Kier alpha value is -1.16. The quantitative estimate of drug-likeness (QED) is 0.625. The number of hydrogen-bond acceptors (Lipinski definition) is 3. The second-order valence-electron chi connectivity index (χ2n) is 2.30. The molecule has 1 aromatic rings. The molecule has 0 aliphatic rings. The van der Waals surface area contributed by atoms with Gasteiger partial charge in [0, 0.05) is 5.46 Å². The predicted octanol–water partition coefficient (Wildman–Crippen LogP) is -0.327. The molecular formula is C8H11BO3. The van der Waals surface area contributed by atoms with Crippen LogP contribution in [-0.2, 0) is 0 Å². The molecule has 0 spiro atoms. The molecule has 4 heteroatoms. The Morgan fingerprint density at radius 3 is 2.00 bits per heavy atom. The highest BCUT2D eigenvalue weighted by atomic mass is 16.5. The van der Waals surface area contributed by atoms with Crippen molar-refractivity contribution in [2.24, 2.45) is 0 Å². The Morgan fingerprint density at radius 1 is 1.17 bits per heavy atom. The summed E-state index contributed by atoms with van der Waals surface area (Å²) >= 11 is 0. The number of rotatable bonds is 3. The van der Waals surface area contributed by atoms with Crippen LogP contribution < -0.4 is 14.9 Å². The third-order valence-corrected chi connectivity index (χ3v) is 1.69. The van der Waals surface area contributed by atoms with Gasteiger partial charge in [0.1, 0.15) is 11.5 Å². The van der Waals surface area contributed by atoms with Crippen LogP contribution in [0.5, 0.6) is 11.5 Å². The molecule has 3 nitrogen and oxygen atoms in total. The van der Waals surface area contributed by atoms with Crippen molar-refractivity contribution in [2.75, 3.05) is 14.2 Å². The van der Waals surface area contributed by atoms with E-state index in [-0.39, 0.29) is 7.48 Å². The summed E-state index contributed by atoms with van der Waals surface area (Å²) in [6.07, 6.45) is 0. The van der Waals surface area contributed by atoms with Gasteiger partial charge in [0.2, 0.25) is 0 Å². The highest BCUT2D eigenvalue weighted by molar-refractivity contribution is 6.48. The molecule has 0 bridgehead atoms. The fourth-order valence-corrected chi connectivity index (χ4v) is 1.08. The molecule has 0 unspecified atom stereocenters. The lowest BCUT2D eigenvalue weighted by Crippen LogP contribution is -2.18. The van der Waals surface area contributed by atoms with E-state index in [9.17, 15) is 0 Å². The van der Waals surface area contributed by atoms with Gasteiger partial charge in [0.05, 0.1) is 14.2 Å². The monoisotopic (exact) mass is 166 g/mol. The van der Waals surface area contributed by atoms with E-state index >= 15 is 0 Å². The normalized spacial score (nSPS) is 9.25. The summed E-state index contributed by atoms with van der Waals surface area (Å²) in [5.74, 6) is 1.30. The van der Waals surface area contributed by atoms with E-state index < -0.39 is 0 Å². The van der Waals surface area contributed by atoms with Gasteiger partial charge < -0.3 is 14.5 Å². The maximum Gasteiger partial charge on any atom is 0.313 e. The summed E-state index contributed by atoms with van der Waals surface area (Å²) < 4.78 is 10.1. The SMILES string of the molecule is COc1cccc(OC)c1BO. The number of hydrogen-bond donors (Lipinski definition) is 1. The van der Waals surface area contributed by atoms with E-state index in [1.807, 2.05) is 6.07 Å². The Kier molecular flexibility index (Phi) is 2.99. The third kappa shape index (κ3) is 1.53. The van der Waals surface area contributed by atoms with Crippen molar-refractivity contribution in [3.8, 4) is 11.5 Å². The van der Waals surface area contributed by atoms with Gasteiger partial charge in [0.25, 0.3) is 0 Å². The maximum atomic E-state index is 9.00. The Labute approximate surface area is 72.2 Å². The van der Waals surface area contributed by atoms with Crippen molar-refractivity contribution < 1.29 is 14.5 Å². The molecule has 1 rings (SSSR count). The molecular weight excluding hydrogens is 155 g/mol. The zero-order valence-corrected chi connectivity index (χ0v) is 7.20. The minimum absolute atomic E-state index is 0.0762. The fraction of sp³-hybridized carbons (Fsp3) is 0.250. The first-order chi connectivity index (χ1) is 5.83. The van der Waals surface area contributed by atoms with E-state index in [2.05, 4.69) is 0 Å². The van der Waals surface area contributed by atoms with Crippen LogP contribution in [0.3, 0.4) is 0 Å². The number of methoxy groups -OCH3 is 2. The summed E-state index contributed by atoms with van der Waals surface area (Å²) in [6, 6.07) is 5.39. The van der Waals surface area contributed by atoms with Crippen LogP contribution in [0.2, 0.25) is 0 Å². The van der Waals surface area contributed by atoms with E-state index in [4.69, 9.17) is 14.5 Å². The van der Waals surface area contributed by atoms with Crippen LogP contribution in [0.1, 0.15) is 0 Å². The molecule has 0 radical (unpaired) electrons. The van der Waals surface area contributed by atoms with Crippen LogP contribution in [-0.4, -0.2) is 26.7 Å². The molecule has 0 aliphatic carbocycles. The van der Waals surface area contributed by atoms with Gasteiger partial charge in [-0.3, -0.25) is 0 Å². The van der Waals surface area contributed by atoms with Crippen molar-refractivity contribution in [1.29, 1.82) is 0 Å². The lowest BCUT2D eigenvalue weighted by Gasteiger charge is -2.09. The minimum atomic E-state index is -0.0762. The smallest absolute Gasteiger partial charge is 0.313 e. The maximum absolute atomic E-state index is 9.00. The molecule has 0 aliphatic heterocycles. The summed E-state index contributed by atoms with van der Waals surface area (Å²) in [6.45, 7) is 0. The first-order valence-corrected chi connectivity index (χ1v) is 3.64. The van der Waals surface area contributed by atoms with Crippen molar-refractivity contribution in [3.05, 3.63) is 18.2 Å². The number of ether oxygens (including phenoxy) is 2. The topological polar surface area (TPSA) is 38.7 Å². The molecule has 0 atom stereocenters. The molecule has 0 amide bonds. The lowest BCUT2D eigenvalue weighted by molar-refractivity contribution is 0.399. The van der Waals surface area contributed by atoms with Crippen molar-refractivity contribution in [3.63, 3.8) is 0 Å². The zero-order chi connectivity index (χ0) is 8.97. The molecule has 12 heavy (non-hydrogen) atoms. The summed E-state index contributed by atoms with van der Waals surface area (Å²) in [5.41, 5.74) is 0.683. The van der Waals surface area contributed by atoms with Gasteiger partial charge in [-0.15, -0.1) is 0 Å². The van der Waals surface area contributed by atoms with E-state index in [0.717, 1.165) is 0 Å². The first kappa shape index (κ1) is 8.94.